The number of ether oxygens (including phenoxy) is 1. The van der Waals surface area contributed by atoms with E-state index in [0.29, 0.717) is 11.3 Å². The van der Waals surface area contributed by atoms with Crippen LogP contribution in [0.15, 0.2) is 42.5 Å². The molecule has 92 valence electrons. The number of hydrogen-bond acceptors (Lipinski definition) is 2. The van der Waals surface area contributed by atoms with Crippen molar-refractivity contribution < 1.29 is 9.53 Å². The Labute approximate surface area is 107 Å². The van der Waals surface area contributed by atoms with Gasteiger partial charge in [0.2, 0.25) is 0 Å². The fourth-order valence-corrected chi connectivity index (χ4v) is 2.05. The number of esters is 1. The summed E-state index contributed by atoms with van der Waals surface area (Å²) in [6.45, 7) is 5.93. The highest BCUT2D eigenvalue weighted by Crippen LogP contribution is 2.25. The Bertz CT molecular complexity index is 548. The Morgan fingerprint density at radius 3 is 2.06 bits per heavy atom. The molecule has 2 heteroatoms. The molecule has 0 saturated carbocycles. The first-order chi connectivity index (χ1) is 8.58. The van der Waals surface area contributed by atoms with Crippen LogP contribution in [-0.4, -0.2) is 5.97 Å². The molecule has 0 heterocycles. The highest BCUT2D eigenvalue weighted by molar-refractivity contribution is 5.91. The zero-order valence-corrected chi connectivity index (χ0v) is 10.9. The normalized spacial score (nSPS) is 10.2. The first kappa shape index (κ1) is 12.4. The van der Waals surface area contributed by atoms with E-state index in [1.165, 1.54) is 5.56 Å². The number of hydrogen-bond donors (Lipinski definition) is 0. The summed E-state index contributed by atoms with van der Waals surface area (Å²) in [6.07, 6.45) is 0. The molecular formula is C16H16O2. The van der Waals surface area contributed by atoms with Gasteiger partial charge in [-0.25, -0.2) is 4.79 Å². The first-order valence-corrected chi connectivity index (χ1v) is 5.93. The maximum absolute atomic E-state index is 12.0. The lowest BCUT2D eigenvalue weighted by atomic mass is 10.1. The van der Waals surface area contributed by atoms with Gasteiger partial charge in [-0.3, -0.25) is 0 Å². The molecule has 2 rings (SSSR count). The minimum Gasteiger partial charge on any atom is -0.422 e. The van der Waals surface area contributed by atoms with Crippen LogP contribution < -0.4 is 4.74 Å². The van der Waals surface area contributed by atoms with Crippen molar-refractivity contribution in [1.29, 1.82) is 0 Å². The molecule has 0 bridgehead atoms. The van der Waals surface area contributed by atoms with Crippen molar-refractivity contribution in [3.8, 4) is 5.75 Å². The van der Waals surface area contributed by atoms with E-state index in [4.69, 9.17) is 4.74 Å². The van der Waals surface area contributed by atoms with Gasteiger partial charge in [0.05, 0.1) is 5.56 Å². The maximum Gasteiger partial charge on any atom is 0.343 e. The van der Waals surface area contributed by atoms with Gasteiger partial charge in [0.1, 0.15) is 5.75 Å². The minimum absolute atomic E-state index is 0.314. The zero-order chi connectivity index (χ0) is 13.1. The van der Waals surface area contributed by atoms with Crippen molar-refractivity contribution >= 4 is 5.97 Å². The highest BCUT2D eigenvalue weighted by atomic mass is 16.5. The molecule has 0 N–H and O–H groups in total. The highest BCUT2D eigenvalue weighted by Gasteiger charge is 2.12. The third-order valence-corrected chi connectivity index (χ3v) is 2.81. The van der Waals surface area contributed by atoms with Crippen LogP contribution in [0.2, 0.25) is 0 Å². The van der Waals surface area contributed by atoms with E-state index in [-0.39, 0.29) is 5.97 Å². The molecule has 0 aromatic heterocycles. The van der Waals surface area contributed by atoms with Crippen LogP contribution in [0.3, 0.4) is 0 Å². The van der Waals surface area contributed by atoms with Crippen molar-refractivity contribution in [1.82, 2.24) is 0 Å². The monoisotopic (exact) mass is 240 g/mol. The van der Waals surface area contributed by atoms with Crippen molar-refractivity contribution in [2.24, 2.45) is 0 Å². The molecule has 0 aliphatic rings. The number of aryl methyl sites for hydroxylation is 3. The average molecular weight is 240 g/mol. The predicted octanol–water partition coefficient (Wildman–Crippen LogP) is 3.83. The van der Waals surface area contributed by atoms with E-state index in [0.717, 1.165) is 11.1 Å². The Hall–Kier alpha value is -2.09. The molecule has 0 fully saturated rings. The van der Waals surface area contributed by atoms with Gasteiger partial charge in [0, 0.05) is 0 Å². The summed E-state index contributed by atoms with van der Waals surface area (Å²) in [6, 6.07) is 13.1. The molecule has 0 radical (unpaired) electrons. The van der Waals surface area contributed by atoms with Crippen LogP contribution in [0.4, 0.5) is 0 Å². The molecule has 0 spiro atoms. The summed E-state index contributed by atoms with van der Waals surface area (Å²) in [5, 5.41) is 0. The quantitative estimate of drug-likeness (QED) is 0.589. The van der Waals surface area contributed by atoms with Crippen molar-refractivity contribution in [2.45, 2.75) is 20.8 Å². The van der Waals surface area contributed by atoms with E-state index in [2.05, 4.69) is 0 Å². The van der Waals surface area contributed by atoms with E-state index in [1.807, 2.05) is 51.1 Å². The molecule has 2 aromatic carbocycles. The fraction of sp³-hybridized carbons (Fsp3) is 0.188. The van der Waals surface area contributed by atoms with Gasteiger partial charge in [0.15, 0.2) is 0 Å². The van der Waals surface area contributed by atoms with Crippen LogP contribution in [0.1, 0.15) is 27.0 Å². The van der Waals surface area contributed by atoms with E-state index in [9.17, 15) is 4.79 Å². The smallest absolute Gasteiger partial charge is 0.343 e. The summed E-state index contributed by atoms with van der Waals surface area (Å²) in [4.78, 5) is 12.0. The van der Waals surface area contributed by atoms with Gasteiger partial charge >= 0.3 is 5.97 Å². The SMILES string of the molecule is Cc1cc(C)c(OC(=O)c2ccccc2)c(C)c1. The number of benzene rings is 2. The molecule has 0 unspecified atom stereocenters. The van der Waals surface area contributed by atoms with E-state index >= 15 is 0 Å². The second kappa shape index (κ2) is 5.05. The Kier molecular flexibility index (Phi) is 3.47. The van der Waals surface area contributed by atoms with Crippen LogP contribution in [-0.2, 0) is 0 Å². The summed E-state index contributed by atoms with van der Waals surface area (Å²) < 4.78 is 5.48. The number of rotatable bonds is 2. The first-order valence-electron chi connectivity index (χ1n) is 5.93. The second-order valence-electron chi connectivity index (χ2n) is 4.48. The molecule has 2 aromatic rings. The van der Waals surface area contributed by atoms with Gasteiger partial charge in [0.25, 0.3) is 0 Å². The van der Waals surface area contributed by atoms with Crippen LogP contribution in [0.25, 0.3) is 0 Å². The largest absolute Gasteiger partial charge is 0.422 e. The van der Waals surface area contributed by atoms with Crippen LogP contribution in [0, 0.1) is 20.8 Å². The summed E-state index contributed by atoms with van der Waals surface area (Å²) in [5.74, 6) is 0.347. The molecule has 0 amide bonds. The summed E-state index contributed by atoms with van der Waals surface area (Å²) in [7, 11) is 0. The number of carbonyl (C=O) groups is 1. The summed E-state index contributed by atoms with van der Waals surface area (Å²) >= 11 is 0. The Morgan fingerprint density at radius 2 is 1.50 bits per heavy atom. The van der Waals surface area contributed by atoms with E-state index < -0.39 is 0 Å². The van der Waals surface area contributed by atoms with Crippen molar-refractivity contribution in [3.05, 3.63) is 64.7 Å². The third-order valence-electron chi connectivity index (χ3n) is 2.81. The lowest BCUT2D eigenvalue weighted by molar-refractivity contribution is 0.0732. The number of carbonyl (C=O) groups excluding carboxylic acids is 1. The molecule has 0 aliphatic heterocycles. The van der Waals surface area contributed by atoms with Gasteiger partial charge in [-0.1, -0.05) is 35.9 Å². The lowest BCUT2D eigenvalue weighted by Crippen LogP contribution is -2.10. The average Bonchev–Trinajstić information content (AvgIpc) is 2.34. The topological polar surface area (TPSA) is 26.3 Å². The van der Waals surface area contributed by atoms with Crippen LogP contribution in [0.5, 0.6) is 5.75 Å². The van der Waals surface area contributed by atoms with Gasteiger partial charge in [-0.2, -0.15) is 0 Å². The molecule has 0 aliphatic carbocycles. The van der Waals surface area contributed by atoms with Crippen molar-refractivity contribution in [3.63, 3.8) is 0 Å². The molecular weight excluding hydrogens is 224 g/mol. The molecule has 2 nitrogen and oxygen atoms in total. The fourth-order valence-electron chi connectivity index (χ4n) is 2.05. The van der Waals surface area contributed by atoms with Gasteiger partial charge in [-0.15, -0.1) is 0 Å². The van der Waals surface area contributed by atoms with Crippen LogP contribution >= 0.6 is 0 Å². The third kappa shape index (κ3) is 2.59. The maximum atomic E-state index is 12.0. The van der Waals surface area contributed by atoms with E-state index in [1.54, 1.807) is 12.1 Å². The molecule has 0 atom stereocenters. The minimum atomic E-state index is -0.314. The summed E-state index contributed by atoms with van der Waals surface area (Å²) in [5.41, 5.74) is 3.70. The molecule has 0 saturated heterocycles. The van der Waals surface area contributed by atoms with Crippen molar-refractivity contribution in [2.75, 3.05) is 0 Å². The molecule has 18 heavy (non-hydrogen) atoms. The van der Waals surface area contributed by atoms with Gasteiger partial charge in [-0.05, 0) is 44.0 Å². The van der Waals surface area contributed by atoms with Gasteiger partial charge < -0.3 is 4.74 Å². The zero-order valence-electron chi connectivity index (χ0n) is 10.9. The Balaban J connectivity index is 2.28. The standard InChI is InChI=1S/C16H16O2/c1-11-9-12(2)15(13(3)10-11)18-16(17)14-7-5-4-6-8-14/h4-10H,1-3H3. The predicted molar refractivity (Wildman–Crippen MR) is 72.1 cm³/mol. The lowest BCUT2D eigenvalue weighted by Gasteiger charge is -2.11. The second-order valence-corrected chi connectivity index (χ2v) is 4.48. The Morgan fingerprint density at radius 1 is 0.944 bits per heavy atom.